The molecule has 2 fully saturated rings. The van der Waals surface area contributed by atoms with Gasteiger partial charge in [-0.3, -0.25) is 9.59 Å². The molecule has 0 bridgehead atoms. The highest BCUT2D eigenvalue weighted by atomic mass is 16.2. The molecule has 0 aromatic carbocycles. The van der Waals surface area contributed by atoms with E-state index >= 15 is 0 Å². The molecule has 0 aromatic rings. The van der Waals surface area contributed by atoms with Crippen LogP contribution in [0, 0.1) is 11.8 Å². The second-order valence-electron chi connectivity index (χ2n) is 5.92. The van der Waals surface area contributed by atoms with Crippen LogP contribution in [0.15, 0.2) is 0 Å². The fraction of sp³-hybridized carbons (Fsp3) is 0.857. The average molecular weight is 252 g/mol. The molecule has 1 saturated carbocycles. The summed E-state index contributed by atoms with van der Waals surface area (Å²) in [5.41, 5.74) is 0. The fourth-order valence-electron chi connectivity index (χ4n) is 3.12. The van der Waals surface area contributed by atoms with Crippen molar-refractivity contribution in [2.45, 2.75) is 58.5 Å². The number of amides is 2. The third-order valence-corrected chi connectivity index (χ3v) is 4.65. The molecule has 2 amide bonds. The van der Waals surface area contributed by atoms with Crippen LogP contribution in [0.25, 0.3) is 0 Å². The second kappa shape index (κ2) is 5.29. The Bertz CT molecular complexity index is 343. The topological polar surface area (TPSA) is 49.4 Å². The van der Waals surface area contributed by atoms with E-state index in [4.69, 9.17) is 0 Å². The minimum absolute atomic E-state index is 0.00674. The van der Waals surface area contributed by atoms with E-state index in [-0.39, 0.29) is 30.4 Å². The molecule has 2 rings (SSSR count). The van der Waals surface area contributed by atoms with E-state index in [0.29, 0.717) is 12.3 Å². The molecule has 1 aliphatic carbocycles. The largest absolute Gasteiger partial charge is 0.343 e. The lowest BCUT2D eigenvalue weighted by Gasteiger charge is -2.42. The number of nitrogens with zero attached hydrogens (tertiary/aromatic N) is 1. The first-order valence-electron chi connectivity index (χ1n) is 7.12. The van der Waals surface area contributed by atoms with Crippen molar-refractivity contribution in [2.24, 2.45) is 11.8 Å². The van der Waals surface area contributed by atoms with Gasteiger partial charge in [-0.15, -0.1) is 0 Å². The van der Waals surface area contributed by atoms with E-state index in [1.807, 2.05) is 11.8 Å². The van der Waals surface area contributed by atoms with Gasteiger partial charge in [0.25, 0.3) is 0 Å². The van der Waals surface area contributed by atoms with Gasteiger partial charge in [0.15, 0.2) is 0 Å². The Morgan fingerprint density at radius 3 is 2.56 bits per heavy atom. The number of hydrogen-bond acceptors (Lipinski definition) is 2. The highest BCUT2D eigenvalue weighted by molar-refractivity contribution is 5.94. The van der Waals surface area contributed by atoms with Crippen LogP contribution >= 0.6 is 0 Å². The van der Waals surface area contributed by atoms with E-state index in [1.165, 1.54) is 0 Å². The molecule has 1 saturated heterocycles. The van der Waals surface area contributed by atoms with Crippen LogP contribution in [0.1, 0.15) is 46.5 Å². The van der Waals surface area contributed by atoms with Crippen LogP contribution in [0.3, 0.4) is 0 Å². The fourth-order valence-corrected chi connectivity index (χ4v) is 3.12. The van der Waals surface area contributed by atoms with Crippen LogP contribution in [-0.2, 0) is 9.59 Å². The quantitative estimate of drug-likeness (QED) is 0.810. The average Bonchev–Trinajstić information content (AvgIpc) is 2.35. The third-order valence-electron chi connectivity index (χ3n) is 4.65. The molecule has 1 heterocycles. The van der Waals surface area contributed by atoms with Gasteiger partial charge in [-0.25, -0.2) is 0 Å². The molecule has 2 aliphatic rings. The summed E-state index contributed by atoms with van der Waals surface area (Å²) in [6, 6.07) is -0.0373. The van der Waals surface area contributed by atoms with Crippen LogP contribution in [0.2, 0.25) is 0 Å². The molecule has 0 spiro atoms. The predicted molar refractivity (Wildman–Crippen MR) is 69.9 cm³/mol. The molecule has 1 aliphatic heterocycles. The van der Waals surface area contributed by atoms with E-state index in [1.54, 1.807) is 0 Å². The second-order valence-corrected chi connectivity index (χ2v) is 5.92. The van der Waals surface area contributed by atoms with Crippen molar-refractivity contribution in [3.63, 3.8) is 0 Å². The Morgan fingerprint density at radius 1 is 1.22 bits per heavy atom. The molecule has 4 unspecified atom stereocenters. The van der Waals surface area contributed by atoms with E-state index < -0.39 is 0 Å². The molecular weight excluding hydrogens is 228 g/mol. The Kier molecular flexibility index (Phi) is 3.93. The van der Waals surface area contributed by atoms with E-state index in [2.05, 4.69) is 19.2 Å². The summed E-state index contributed by atoms with van der Waals surface area (Å²) in [5.74, 6) is 1.48. The molecule has 18 heavy (non-hydrogen) atoms. The van der Waals surface area contributed by atoms with Gasteiger partial charge < -0.3 is 10.2 Å². The summed E-state index contributed by atoms with van der Waals surface area (Å²) in [6.45, 7) is 6.72. The SMILES string of the molecule is CCC1NC(=O)CN(C2CCC(C)C(C)C2)C1=O. The molecule has 4 atom stereocenters. The maximum Gasteiger partial charge on any atom is 0.245 e. The Labute approximate surface area is 109 Å². The highest BCUT2D eigenvalue weighted by Crippen LogP contribution is 2.32. The van der Waals surface area contributed by atoms with E-state index in [9.17, 15) is 9.59 Å². The zero-order valence-corrected chi connectivity index (χ0v) is 11.6. The summed E-state index contributed by atoms with van der Waals surface area (Å²) in [6.07, 6.45) is 3.92. The lowest BCUT2D eigenvalue weighted by Crippen LogP contribution is -2.61. The number of rotatable bonds is 2. The van der Waals surface area contributed by atoms with Crippen LogP contribution in [-0.4, -0.2) is 35.3 Å². The first kappa shape index (κ1) is 13.4. The summed E-state index contributed by atoms with van der Waals surface area (Å²) in [7, 11) is 0. The number of nitrogens with one attached hydrogen (secondary N) is 1. The van der Waals surface area contributed by atoms with Crippen molar-refractivity contribution in [2.75, 3.05) is 6.54 Å². The van der Waals surface area contributed by atoms with Crippen molar-refractivity contribution in [1.29, 1.82) is 0 Å². The first-order valence-corrected chi connectivity index (χ1v) is 7.12. The van der Waals surface area contributed by atoms with Crippen molar-refractivity contribution in [3.05, 3.63) is 0 Å². The number of hydrogen-bond donors (Lipinski definition) is 1. The summed E-state index contributed by atoms with van der Waals surface area (Å²) < 4.78 is 0. The zero-order chi connectivity index (χ0) is 13.3. The number of carbonyl (C=O) groups is 2. The molecule has 4 heteroatoms. The normalized spacial score (nSPS) is 37.6. The minimum atomic E-state index is -0.305. The van der Waals surface area contributed by atoms with Gasteiger partial charge in [-0.2, -0.15) is 0 Å². The minimum Gasteiger partial charge on any atom is -0.343 e. The maximum absolute atomic E-state index is 12.3. The van der Waals surface area contributed by atoms with Gasteiger partial charge in [0.05, 0.1) is 6.54 Å². The smallest absolute Gasteiger partial charge is 0.245 e. The Hall–Kier alpha value is -1.06. The lowest BCUT2D eigenvalue weighted by molar-refractivity contribution is -0.147. The summed E-state index contributed by atoms with van der Waals surface area (Å²) >= 11 is 0. The van der Waals surface area contributed by atoms with Crippen molar-refractivity contribution in [1.82, 2.24) is 10.2 Å². The van der Waals surface area contributed by atoms with Crippen LogP contribution in [0.5, 0.6) is 0 Å². The molecule has 1 N–H and O–H groups in total. The summed E-state index contributed by atoms with van der Waals surface area (Å²) in [5, 5.41) is 2.77. The van der Waals surface area contributed by atoms with E-state index in [0.717, 1.165) is 25.2 Å². The predicted octanol–water partition coefficient (Wildman–Crippen LogP) is 1.55. The third kappa shape index (κ3) is 2.52. The highest BCUT2D eigenvalue weighted by Gasteiger charge is 2.38. The Balaban J connectivity index is 2.07. The molecule has 0 aromatic heterocycles. The van der Waals surface area contributed by atoms with Gasteiger partial charge in [0, 0.05) is 6.04 Å². The van der Waals surface area contributed by atoms with Gasteiger partial charge in [0.2, 0.25) is 11.8 Å². The lowest BCUT2D eigenvalue weighted by atomic mass is 9.78. The maximum atomic E-state index is 12.3. The molecular formula is C14H24N2O2. The standard InChI is InChI=1S/C14H24N2O2/c1-4-12-14(18)16(8-13(17)15-12)11-6-5-9(2)10(3)7-11/h9-12H,4-8H2,1-3H3,(H,15,17). The van der Waals surface area contributed by atoms with Gasteiger partial charge in [-0.05, 0) is 37.5 Å². The van der Waals surface area contributed by atoms with Gasteiger partial charge in [0.1, 0.15) is 6.04 Å². The summed E-state index contributed by atoms with van der Waals surface area (Å²) in [4.78, 5) is 25.8. The Morgan fingerprint density at radius 2 is 1.94 bits per heavy atom. The number of carbonyl (C=O) groups excluding carboxylic acids is 2. The van der Waals surface area contributed by atoms with Crippen molar-refractivity contribution in [3.8, 4) is 0 Å². The van der Waals surface area contributed by atoms with Crippen molar-refractivity contribution >= 4 is 11.8 Å². The van der Waals surface area contributed by atoms with Gasteiger partial charge in [-0.1, -0.05) is 20.8 Å². The molecule has 4 nitrogen and oxygen atoms in total. The first-order chi connectivity index (χ1) is 8.52. The number of piperazine rings is 1. The van der Waals surface area contributed by atoms with Crippen LogP contribution < -0.4 is 5.32 Å². The molecule has 102 valence electrons. The van der Waals surface area contributed by atoms with Crippen molar-refractivity contribution < 1.29 is 9.59 Å². The zero-order valence-electron chi connectivity index (χ0n) is 11.6. The van der Waals surface area contributed by atoms with Gasteiger partial charge >= 0.3 is 0 Å². The molecule has 0 radical (unpaired) electrons. The van der Waals surface area contributed by atoms with Crippen LogP contribution in [0.4, 0.5) is 0 Å². The monoisotopic (exact) mass is 252 g/mol.